The van der Waals surface area contributed by atoms with Crippen molar-refractivity contribution in [1.82, 2.24) is 14.9 Å². The summed E-state index contributed by atoms with van der Waals surface area (Å²) in [5, 5.41) is 3.15. The molecule has 24 heavy (non-hydrogen) atoms. The minimum Gasteiger partial charge on any atom is -0.467 e. The van der Waals surface area contributed by atoms with Gasteiger partial charge in [0.05, 0.1) is 23.7 Å². The number of carbonyl (C=O) groups excluding carboxylic acids is 2. The predicted octanol–water partition coefficient (Wildman–Crippen LogP) is 1.62. The summed E-state index contributed by atoms with van der Waals surface area (Å²) in [6, 6.07) is -0.720. The van der Waals surface area contributed by atoms with Crippen LogP contribution in [0.25, 0.3) is 10.2 Å². The highest BCUT2D eigenvalue weighted by molar-refractivity contribution is 7.20. The third-order valence-electron chi connectivity index (χ3n) is 3.71. The molecular formula is C16H21N3O4S. The maximum Gasteiger partial charge on any atom is 0.328 e. The monoisotopic (exact) mass is 351 g/mol. The summed E-state index contributed by atoms with van der Waals surface area (Å²) in [6.07, 6.45) is 1.90. The Balaban J connectivity index is 2.37. The molecule has 1 amide bonds. The van der Waals surface area contributed by atoms with E-state index in [9.17, 15) is 14.4 Å². The Morgan fingerprint density at radius 1 is 1.42 bits per heavy atom. The molecule has 0 radical (unpaired) electrons. The van der Waals surface area contributed by atoms with Gasteiger partial charge in [0, 0.05) is 7.05 Å². The lowest BCUT2D eigenvalue weighted by Gasteiger charge is -2.18. The summed E-state index contributed by atoms with van der Waals surface area (Å²) in [4.78, 5) is 41.8. The van der Waals surface area contributed by atoms with E-state index in [2.05, 4.69) is 10.3 Å². The maximum atomic E-state index is 12.6. The largest absolute Gasteiger partial charge is 0.467 e. The van der Waals surface area contributed by atoms with Crippen LogP contribution in [-0.4, -0.2) is 34.6 Å². The standard InChI is InChI=1S/C16H21N3O4S/c1-8(2)6-10(16(22)23-5)18-13(20)12-9(3)11-14(24-12)17-7-19(4)15(11)21/h7-8,10H,6H2,1-5H3,(H,18,20)/t10-/m1/s1. The lowest BCUT2D eigenvalue weighted by atomic mass is 10.0. The summed E-state index contributed by atoms with van der Waals surface area (Å²) in [7, 11) is 2.90. The number of ether oxygens (including phenoxy) is 1. The van der Waals surface area contributed by atoms with Gasteiger partial charge >= 0.3 is 5.97 Å². The van der Waals surface area contributed by atoms with Crippen molar-refractivity contribution >= 4 is 33.4 Å². The lowest BCUT2D eigenvalue weighted by Crippen LogP contribution is -2.42. The van der Waals surface area contributed by atoms with Crippen LogP contribution in [0.4, 0.5) is 0 Å². The number of amides is 1. The fourth-order valence-electron chi connectivity index (χ4n) is 2.48. The molecule has 0 aliphatic heterocycles. The first-order valence-corrected chi connectivity index (χ1v) is 8.41. The van der Waals surface area contributed by atoms with E-state index < -0.39 is 17.9 Å². The van der Waals surface area contributed by atoms with E-state index >= 15 is 0 Å². The van der Waals surface area contributed by atoms with Crippen molar-refractivity contribution in [1.29, 1.82) is 0 Å². The zero-order chi connectivity index (χ0) is 18.0. The van der Waals surface area contributed by atoms with Crippen molar-refractivity contribution in [3.05, 3.63) is 27.1 Å². The molecular weight excluding hydrogens is 330 g/mol. The van der Waals surface area contributed by atoms with Gasteiger partial charge in [-0.15, -0.1) is 11.3 Å². The molecule has 1 N–H and O–H groups in total. The molecule has 2 rings (SSSR count). The average molecular weight is 351 g/mol. The van der Waals surface area contributed by atoms with E-state index in [-0.39, 0.29) is 11.5 Å². The average Bonchev–Trinajstić information content (AvgIpc) is 2.86. The fourth-order valence-corrected chi connectivity index (χ4v) is 3.52. The quantitative estimate of drug-likeness (QED) is 0.827. The van der Waals surface area contributed by atoms with Crippen LogP contribution in [0, 0.1) is 12.8 Å². The molecule has 0 bridgehead atoms. The van der Waals surface area contributed by atoms with Crippen molar-refractivity contribution in [2.45, 2.75) is 33.2 Å². The van der Waals surface area contributed by atoms with Gasteiger partial charge in [0.2, 0.25) is 0 Å². The Bertz CT molecular complexity index is 838. The Labute approximate surface area is 143 Å². The van der Waals surface area contributed by atoms with Crippen LogP contribution in [0.15, 0.2) is 11.1 Å². The lowest BCUT2D eigenvalue weighted by molar-refractivity contribution is -0.143. The first-order valence-electron chi connectivity index (χ1n) is 7.59. The maximum absolute atomic E-state index is 12.6. The Hall–Kier alpha value is -2.22. The van der Waals surface area contributed by atoms with Gasteiger partial charge in [-0.2, -0.15) is 0 Å². The van der Waals surface area contributed by atoms with Crippen LogP contribution in [0.3, 0.4) is 0 Å². The summed E-state index contributed by atoms with van der Waals surface area (Å²) < 4.78 is 6.13. The minimum atomic E-state index is -0.720. The zero-order valence-electron chi connectivity index (χ0n) is 14.4. The second kappa shape index (κ2) is 7.12. The topological polar surface area (TPSA) is 90.3 Å². The molecule has 2 aromatic heterocycles. The van der Waals surface area contributed by atoms with E-state index in [0.717, 1.165) is 11.3 Å². The number of rotatable bonds is 5. The van der Waals surface area contributed by atoms with E-state index in [1.54, 1.807) is 14.0 Å². The number of aryl methyl sites for hydroxylation is 2. The molecule has 0 spiro atoms. The first-order chi connectivity index (χ1) is 11.3. The second-order valence-corrected chi connectivity index (χ2v) is 7.07. The summed E-state index contributed by atoms with van der Waals surface area (Å²) in [5.74, 6) is -0.662. The van der Waals surface area contributed by atoms with Gasteiger partial charge in [0.15, 0.2) is 0 Å². The number of esters is 1. The van der Waals surface area contributed by atoms with Gasteiger partial charge in [-0.25, -0.2) is 9.78 Å². The molecule has 0 aliphatic rings. The zero-order valence-corrected chi connectivity index (χ0v) is 15.2. The third kappa shape index (κ3) is 3.48. The summed E-state index contributed by atoms with van der Waals surface area (Å²) in [6.45, 7) is 5.63. The molecule has 7 nitrogen and oxygen atoms in total. The molecule has 0 aliphatic carbocycles. The normalized spacial score (nSPS) is 12.4. The Morgan fingerprint density at radius 3 is 2.67 bits per heavy atom. The van der Waals surface area contributed by atoms with Crippen LogP contribution >= 0.6 is 11.3 Å². The summed E-state index contributed by atoms with van der Waals surface area (Å²) >= 11 is 1.15. The number of nitrogens with zero attached hydrogens (tertiary/aromatic N) is 2. The number of aromatic nitrogens is 2. The van der Waals surface area contributed by atoms with Crippen LogP contribution in [0.1, 0.15) is 35.5 Å². The highest BCUT2D eigenvalue weighted by atomic mass is 32.1. The summed E-state index contributed by atoms with van der Waals surface area (Å²) in [5.41, 5.74) is 0.383. The Morgan fingerprint density at radius 2 is 2.08 bits per heavy atom. The Kier molecular flexibility index (Phi) is 5.38. The van der Waals surface area contributed by atoms with Gasteiger partial charge in [0.1, 0.15) is 10.9 Å². The SMILES string of the molecule is COC(=O)[C@@H](CC(C)C)NC(=O)c1sc2ncn(C)c(=O)c2c1C. The van der Waals surface area contributed by atoms with Crippen molar-refractivity contribution in [2.75, 3.05) is 7.11 Å². The minimum absolute atomic E-state index is 0.195. The molecule has 0 unspecified atom stereocenters. The van der Waals surface area contributed by atoms with Gasteiger partial charge in [-0.1, -0.05) is 13.8 Å². The fraction of sp³-hybridized carbons (Fsp3) is 0.500. The smallest absolute Gasteiger partial charge is 0.328 e. The number of methoxy groups -OCH3 is 1. The van der Waals surface area contributed by atoms with Crippen LogP contribution < -0.4 is 10.9 Å². The highest BCUT2D eigenvalue weighted by Gasteiger charge is 2.26. The molecule has 2 aromatic rings. The van der Waals surface area contributed by atoms with E-state index in [0.29, 0.717) is 27.1 Å². The van der Waals surface area contributed by atoms with Crippen LogP contribution in [0.2, 0.25) is 0 Å². The van der Waals surface area contributed by atoms with Crippen molar-refractivity contribution in [3.8, 4) is 0 Å². The highest BCUT2D eigenvalue weighted by Crippen LogP contribution is 2.26. The molecule has 0 fully saturated rings. The number of fused-ring (bicyclic) bond motifs is 1. The number of nitrogens with one attached hydrogen (secondary N) is 1. The van der Waals surface area contributed by atoms with Gasteiger partial charge < -0.3 is 14.6 Å². The third-order valence-corrected chi connectivity index (χ3v) is 4.91. The van der Waals surface area contributed by atoms with E-state index in [1.165, 1.54) is 18.0 Å². The number of hydrogen-bond donors (Lipinski definition) is 1. The van der Waals surface area contributed by atoms with Gasteiger partial charge in [-0.05, 0) is 24.8 Å². The molecule has 0 saturated carbocycles. The van der Waals surface area contributed by atoms with Gasteiger partial charge in [0.25, 0.3) is 11.5 Å². The van der Waals surface area contributed by atoms with Crippen LogP contribution in [0.5, 0.6) is 0 Å². The molecule has 1 atom stereocenters. The van der Waals surface area contributed by atoms with E-state index in [1.807, 2.05) is 13.8 Å². The molecule has 8 heteroatoms. The number of thiophene rings is 1. The molecule has 130 valence electrons. The number of hydrogen-bond acceptors (Lipinski definition) is 6. The van der Waals surface area contributed by atoms with Crippen molar-refractivity contribution in [3.63, 3.8) is 0 Å². The van der Waals surface area contributed by atoms with Crippen LogP contribution in [-0.2, 0) is 16.6 Å². The van der Waals surface area contributed by atoms with Crippen molar-refractivity contribution < 1.29 is 14.3 Å². The molecule has 0 saturated heterocycles. The molecule has 0 aromatic carbocycles. The molecule has 2 heterocycles. The van der Waals surface area contributed by atoms with Gasteiger partial charge in [-0.3, -0.25) is 9.59 Å². The predicted molar refractivity (Wildman–Crippen MR) is 92.3 cm³/mol. The number of carbonyl (C=O) groups is 2. The second-order valence-electron chi connectivity index (χ2n) is 6.08. The van der Waals surface area contributed by atoms with Crippen molar-refractivity contribution in [2.24, 2.45) is 13.0 Å². The first kappa shape index (κ1) is 18.1. The van der Waals surface area contributed by atoms with E-state index in [4.69, 9.17) is 4.74 Å².